The van der Waals surface area contributed by atoms with Crippen molar-refractivity contribution >= 4 is 23.4 Å². The van der Waals surface area contributed by atoms with Crippen LogP contribution in [0.1, 0.15) is 30.6 Å². The van der Waals surface area contributed by atoms with Gasteiger partial charge in [-0.25, -0.2) is 0 Å². The maximum Gasteiger partial charge on any atom is 0.259 e. The molecule has 2 aromatic rings. The van der Waals surface area contributed by atoms with E-state index in [2.05, 4.69) is 10.5 Å². The second-order valence-electron chi connectivity index (χ2n) is 4.16. The normalized spacial score (nSPS) is 12.4. The van der Waals surface area contributed by atoms with Crippen molar-refractivity contribution in [2.45, 2.75) is 26.3 Å². The summed E-state index contributed by atoms with van der Waals surface area (Å²) in [6.45, 7) is 3.86. The third kappa shape index (κ3) is 2.73. The van der Waals surface area contributed by atoms with Gasteiger partial charge in [0.15, 0.2) is 16.7 Å². The van der Waals surface area contributed by atoms with Crippen LogP contribution in [-0.4, -0.2) is 17.1 Å². The molecule has 1 atom stereocenters. The van der Waals surface area contributed by atoms with Crippen molar-refractivity contribution in [2.24, 2.45) is 0 Å². The van der Waals surface area contributed by atoms with E-state index in [1.807, 2.05) is 13.8 Å². The van der Waals surface area contributed by atoms with Crippen molar-refractivity contribution in [3.8, 4) is 11.5 Å². The first-order chi connectivity index (χ1) is 9.02. The van der Waals surface area contributed by atoms with Gasteiger partial charge in [0, 0.05) is 6.04 Å². The van der Waals surface area contributed by atoms with Crippen molar-refractivity contribution < 1.29 is 13.7 Å². The quantitative estimate of drug-likeness (QED) is 0.899. The molecule has 0 bridgehead atoms. The van der Waals surface area contributed by atoms with Crippen LogP contribution in [-0.2, 0) is 0 Å². The predicted molar refractivity (Wildman–Crippen MR) is 70.8 cm³/mol. The van der Waals surface area contributed by atoms with Gasteiger partial charge in [-0.2, -0.15) is 0 Å². The molecule has 0 radical (unpaired) electrons. The number of anilines is 1. The van der Waals surface area contributed by atoms with Gasteiger partial charge < -0.3 is 20.0 Å². The fourth-order valence-electron chi connectivity index (χ4n) is 1.53. The Morgan fingerprint density at radius 2 is 2.32 bits per heavy atom. The Labute approximate surface area is 114 Å². The molecular formula is C12H14ClN3O3. The second-order valence-corrected chi connectivity index (χ2v) is 4.53. The topological polar surface area (TPSA) is 94.3 Å². The monoisotopic (exact) mass is 283 g/mol. The molecule has 2 rings (SSSR count). The van der Waals surface area contributed by atoms with E-state index in [-0.39, 0.29) is 34.3 Å². The summed E-state index contributed by atoms with van der Waals surface area (Å²) in [4.78, 5) is 12.1. The summed E-state index contributed by atoms with van der Waals surface area (Å²) in [7, 11) is 0. The largest absolute Gasteiger partial charge is 0.443 e. The van der Waals surface area contributed by atoms with Crippen molar-refractivity contribution in [2.75, 3.05) is 5.73 Å². The number of aromatic nitrogens is 1. The summed E-state index contributed by atoms with van der Waals surface area (Å²) in [6, 6.07) is 3.17. The fraction of sp³-hybridized carbons (Fsp3) is 0.333. The third-order valence-corrected chi connectivity index (χ3v) is 2.95. The van der Waals surface area contributed by atoms with E-state index < -0.39 is 0 Å². The fourth-order valence-corrected chi connectivity index (χ4v) is 1.68. The standard InChI is InChI=1S/C12H14ClN3O3/c1-3-6(2)15-12(17)9-10(16-19-11(9)14)7-4-5-8(13)18-7/h4-6H,3,14H2,1-2H3,(H,15,17). The number of nitrogens with zero attached hydrogens (tertiary/aromatic N) is 1. The van der Waals surface area contributed by atoms with Gasteiger partial charge in [0.05, 0.1) is 0 Å². The maximum absolute atomic E-state index is 12.1. The number of hydrogen-bond acceptors (Lipinski definition) is 5. The van der Waals surface area contributed by atoms with E-state index in [1.165, 1.54) is 0 Å². The average molecular weight is 284 g/mol. The number of nitrogens with two attached hydrogens (primary N) is 1. The highest BCUT2D eigenvalue weighted by Crippen LogP contribution is 2.29. The number of nitrogens with one attached hydrogen (secondary N) is 1. The van der Waals surface area contributed by atoms with Gasteiger partial charge in [0.1, 0.15) is 5.56 Å². The van der Waals surface area contributed by atoms with Crippen LogP contribution in [0.5, 0.6) is 0 Å². The molecule has 0 saturated heterocycles. The average Bonchev–Trinajstić information content (AvgIpc) is 2.95. The van der Waals surface area contributed by atoms with Crippen molar-refractivity contribution in [1.82, 2.24) is 10.5 Å². The molecule has 2 aromatic heterocycles. The lowest BCUT2D eigenvalue weighted by atomic mass is 10.1. The Balaban J connectivity index is 2.35. The third-order valence-electron chi connectivity index (χ3n) is 2.74. The van der Waals surface area contributed by atoms with Crippen LogP contribution in [0, 0.1) is 0 Å². The van der Waals surface area contributed by atoms with Crippen LogP contribution < -0.4 is 11.1 Å². The van der Waals surface area contributed by atoms with E-state index in [9.17, 15) is 4.79 Å². The lowest BCUT2D eigenvalue weighted by Crippen LogP contribution is -2.32. The highest BCUT2D eigenvalue weighted by atomic mass is 35.5. The first kappa shape index (κ1) is 13.5. The molecule has 102 valence electrons. The van der Waals surface area contributed by atoms with Gasteiger partial charge in [-0.05, 0) is 37.1 Å². The SMILES string of the molecule is CCC(C)NC(=O)c1c(-c2ccc(Cl)o2)noc1N. The Hall–Kier alpha value is -1.95. The van der Waals surface area contributed by atoms with Crippen molar-refractivity contribution in [3.05, 3.63) is 22.9 Å². The number of furan rings is 1. The lowest BCUT2D eigenvalue weighted by molar-refractivity contribution is 0.0940. The highest BCUT2D eigenvalue weighted by Gasteiger charge is 2.25. The lowest BCUT2D eigenvalue weighted by Gasteiger charge is -2.10. The number of halogens is 1. The van der Waals surface area contributed by atoms with Crippen LogP contribution in [0.15, 0.2) is 21.1 Å². The zero-order chi connectivity index (χ0) is 14.0. The van der Waals surface area contributed by atoms with E-state index in [4.69, 9.17) is 26.3 Å². The van der Waals surface area contributed by atoms with Gasteiger partial charge in [0.2, 0.25) is 5.88 Å². The molecule has 0 saturated carbocycles. The summed E-state index contributed by atoms with van der Waals surface area (Å²) >= 11 is 5.70. The Kier molecular flexibility index (Phi) is 3.80. The molecule has 7 heteroatoms. The molecule has 2 heterocycles. The molecular weight excluding hydrogens is 270 g/mol. The van der Waals surface area contributed by atoms with Gasteiger partial charge in [0.25, 0.3) is 5.91 Å². The minimum atomic E-state index is -0.351. The zero-order valence-corrected chi connectivity index (χ0v) is 11.3. The van der Waals surface area contributed by atoms with E-state index in [0.29, 0.717) is 5.76 Å². The van der Waals surface area contributed by atoms with E-state index in [0.717, 1.165) is 6.42 Å². The minimum absolute atomic E-state index is 0.0230. The van der Waals surface area contributed by atoms with Gasteiger partial charge in [-0.3, -0.25) is 4.79 Å². The first-order valence-corrected chi connectivity index (χ1v) is 6.22. The van der Waals surface area contributed by atoms with Crippen LogP contribution in [0.25, 0.3) is 11.5 Å². The summed E-state index contributed by atoms with van der Waals surface area (Å²) in [5.41, 5.74) is 6.04. The Morgan fingerprint density at radius 1 is 1.58 bits per heavy atom. The molecule has 19 heavy (non-hydrogen) atoms. The van der Waals surface area contributed by atoms with Crippen molar-refractivity contribution in [3.63, 3.8) is 0 Å². The number of rotatable bonds is 4. The molecule has 1 unspecified atom stereocenters. The van der Waals surface area contributed by atoms with Crippen LogP contribution in [0.4, 0.5) is 5.88 Å². The molecule has 0 spiro atoms. The number of hydrogen-bond donors (Lipinski definition) is 2. The molecule has 0 aliphatic heterocycles. The molecule has 0 aliphatic carbocycles. The Morgan fingerprint density at radius 3 is 2.89 bits per heavy atom. The van der Waals surface area contributed by atoms with E-state index >= 15 is 0 Å². The van der Waals surface area contributed by atoms with Crippen molar-refractivity contribution in [1.29, 1.82) is 0 Å². The number of carbonyl (C=O) groups is 1. The molecule has 6 nitrogen and oxygen atoms in total. The number of carbonyl (C=O) groups excluding carboxylic acids is 1. The summed E-state index contributed by atoms with van der Waals surface area (Å²) in [6.07, 6.45) is 0.804. The molecule has 0 aliphatic rings. The summed E-state index contributed by atoms with van der Waals surface area (Å²) in [5.74, 6) is -0.0706. The van der Waals surface area contributed by atoms with Gasteiger partial charge in [-0.1, -0.05) is 12.1 Å². The van der Waals surface area contributed by atoms with Gasteiger partial charge in [-0.15, -0.1) is 0 Å². The maximum atomic E-state index is 12.1. The molecule has 1 amide bonds. The van der Waals surface area contributed by atoms with E-state index in [1.54, 1.807) is 12.1 Å². The predicted octanol–water partition coefficient (Wildman–Crippen LogP) is 2.70. The number of amides is 1. The molecule has 0 fully saturated rings. The summed E-state index contributed by atoms with van der Waals surface area (Å²) < 4.78 is 10.1. The highest BCUT2D eigenvalue weighted by molar-refractivity contribution is 6.29. The molecule has 0 aromatic carbocycles. The van der Waals surface area contributed by atoms with Crippen LogP contribution >= 0.6 is 11.6 Å². The zero-order valence-electron chi connectivity index (χ0n) is 10.6. The second kappa shape index (κ2) is 5.36. The molecule has 3 N–H and O–H groups in total. The smallest absolute Gasteiger partial charge is 0.259 e. The summed E-state index contributed by atoms with van der Waals surface area (Å²) in [5, 5.41) is 6.74. The van der Waals surface area contributed by atoms with Gasteiger partial charge >= 0.3 is 0 Å². The van der Waals surface area contributed by atoms with Crippen LogP contribution in [0.2, 0.25) is 5.22 Å². The minimum Gasteiger partial charge on any atom is -0.443 e. The van der Waals surface area contributed by atoms with Crippen LogP contribution in [0.3, 0.4) is 0 Å². The first-order valence-electron chi connectivity index (χ1n) is 5.84. The number of nitrogen functional groups attached to an aromatic ring is 1. The Bertz CT molecular complexity index is 591.